The lowest BCUT2D eigenvalue weighted by molar-refractivity contribution is 0.0692. The van der Waals surface area contributed by atoms with Gasteiger partial charge in [0, 0.05) is 10.0 Å². The van der Waals surface area contributed by atoms with Gasteiger partial charge in [-0.3, -0.25) is 0 Å². The molecule has 0 unspecified atom stereocenters. The maximum Gasteiger partial charge on any atom is 0.339 e. The average molecular weight is 301 g/mol. The molecule has 0 aliphatic heterocycles. The summed E-state index contributed by atoms with van der Waals surface area (Å²) in [4.78, 5) is 11.3. The van der Waals surface area contributed by atoms with Crippen molar-refractivity contribution >= 4 is 21.9 Å². The monoisotopic (exact) mass is 300 g/mol. The van der Waals surface area contributed by atoms with Crippen molar-refractivity contribution in [1.82, 2.24) is 0 Å². The molecule has 1 aromatic carbocycles. The SMILES string of the molecule is COc1c(C(C)(C)C)cc(Br)c(C)c1C(=O)O. The number of halogens is 1. The summed E-state index contributed by atoms with van der Waals surface area (Å²) in [6.07, 6.45) is 0. The molecule has 17 heavy (non-hydrogen) atoms. The van der Waals surface area contributed by atoms with Crippen LogP contribution in [0.15, 0.2) is 10.5 Å². The van der Waals surface area contributed by atoms with Crippen molar-refractivity contribution in [2.24, 2.45) is 0 Å². The Labute approximate surface area is 110 Å². The first-order valence-electron chi connectivity index (χ1n) is 5.31. The molecule has 0 amide bonds. The summed E-state index contributed by atoms with van der Waals surface area (Å²) in [5, 5.41) is 9.29. The standard InChI is InChI=1S/C13H17BrO3/c1-7-9(14)6-8(13(2,3)4)11(17-5)10(7)12(15)16/h6H,1-5H3,(H,15,16). The highest BCUT2D eigenvalue weighted by molar-refractivity contribution is 9.10. The minimum Gasteiger partial charge on any atom is -0.496 e. The van der Waals surface area contributed by atoms with Gasteiger partial charge >= 0.3 is 5.97 Å². The molecule has 0 heterocycles. The van der Waals surface area contributed by atoms with Crippen molar-refractivity contribution < 1.29 is 14.6 Å². The van der Waals surface area contributed by atoms with E-state index in [4.69, 9.17) is 4.74 Å². The molecule has 0 saturated heterocycles. The maximum atomic E-state index is 11.3. The zero-order valence-corrected chi connectivity index (χ0v) is 12.3. The molecular weight excluding hydrogens is 284 g/mol. The van der Waals surface area contributed by atoms with Crippen molar-refractivity contribution in [1.29, 1.82) is 0 Å². The Kier molecular flexibility index (Phi) is 3.87. The number of hydrogen-bond acceptors (Lipinski definition) is 2. The summed E-state index contributed by atoms with van der Waals surface area (Å²) in [6.45, 7) is 7.84. The molecule has 0 radical (unpaired) electrons. The number of benzene rings is 1. The lowest BCUT2D eigenvalue weighted by Crippen LogP contribution is -2.16. The number of carbonyl (C=O) groups is 1. The van der Waals surface area contributed by atoms with E-state index >= 15 is 0 Å². The number of rotatable bonds is 2. The van der Waals surface area contributed by atoms with Gasteiger partial charge in [-0.1, -0.05) is 36.7 Å². The van der Waals surface area contributed by atoms with Crippen LogP contribution in [0.25, 0.3) is 0 Å². The first kappa shape index (κ1) is 14.0. The summed E-state index contributed by atoms with van der Waals surface area (Å²) < 4.78 is 6.09. The van der Waals surface area contributed by atoms with Crippen LogP contribution in [0.2, 0.25) is 0 Å². The topological polar surface area (TPSA) is 46.5 Å². The van der Waals surface area contributed by atoms with Gasteiger partial charge in [0.05, 0.1) is 7.11 Å². The third-order valence-electron chi connectivity index (χ3n) is 2.70. The fourth-order valence-electron chi connectivity index (χ4n) is 1.75. The van der Waals surface area contributed by atoms with Crippen LogP contribution in [0.1, 0.15) is 42.3 Å². The largest absolute Gasteiger partial charge is 0.496 e. The zero-order valence-electron chi connectivity index (χ0n) is 10.7. The molecule has 1 N–H and O–H groups in total. The van der Waals surface area contributed by atoms with Gasteiger partial charge < -0.3 is 9.84 Å². The van der Waals surface area contributed by atoms with Crippen LogP contribution in [-0.4, -0.2) is 18.2 Å². The molecule has 0 fully saturated rings. The summed E-state index contributed by atoms with van der Waals surface area (Å²) in [6, 6.07) is 1.93. The van der Waals surface area contributed by atoms with E-state index < -0.39 is 5.97 Å². The fourth-order valence-corrected chi connectivity index (χ4v) is 2.18. The van der Waals surface area contributed by atoms with Crippen LogP contribution in [-0.2, 0) is 5.41 Å². The van der Waals surface area contributed by atoms with Crippen LogP contribution in [0.4, 0.5) is 0 Å². The maximum absolute atomic E-state index is 11.3. The molecule has 3 nitrogen and oxygen atoms in total. The summed E-state index contributed by atoms with van der Waals surface area (Å²) in [5.74, 6) is -0.517. The van der Waals surface area contributed by atoms with Gasteiger partial charge in [-0.15, -0.1) is 0 Å². The molecule has 0 atom stereocenters. The number of ether oxygens (including phenoxy) is 1. The molecule has 1 rings (SSSR count). The Morgan fingerprint density at radius 2 is 1.94 bits per heavy atom. The molecule has 4 heteroatoms. The normalized spacial score (nSPS) is 11.4. The molecule has 0 spiro atoms. The van der Waals surface area contributed by atoms with E-state index in [1.165, 1.54) is 7.11 Å². The van der Waals surface area contributed by atoms with Gasteiger partial charge in [0.1, 0.15) is 11.3 Å². The Morgan fingerprint density at radius 1 is 1.41 bits per heavy atom. The highest BCUT2D eigenvalue weighted by atomic mass is 79.9. The highest BCUT2D eigenvalue weighted by Gasteiger charge is 2.26. The smallest absolute Gasteiger partial charge is 0.339 e. The first-order valence-corrected chi connectivity index (χ1v) is 6.10. The number of carboxylic acid groups (broad SMARTS) is 1. The van der Waals surface area contributed by atoms with Crippen molar-refractivity contribution in [3.05, 3.63) is 27.2 Å². The third kappa shape index (κ3) is 2.63. The van der Waals surface area contributed by atoms with E-state index in [9.17, 15) is 9.90 Å². The summed E-state index contributed by atoms with van der Waals surface area (Å²) in [7, 11) is 1.50. The van der Waals surface area contributed by atoms with Crippen LogP contribution < -0.4 is 4.74 Å². The van der Waals surface area contributed by atoms with Crippen molar-refractivity contribution in [3.8, 4) is 5.75 Å². The Balaban J connectivity index is 3.70. The molecule has 0 saturated carbocycles. The van der Waals surface area contributed by atoms with E-state index in [0.29, 0.717) is 11.3 Å². The molecule has 0 aromatic heterocycles. The van der Waals surface area contributed by atoms with Crippen molar-refractivity contribution in [2.75, 3.05) is 7.11 Å². The van der Waals surface area contributed by atoms with Gasteiger partial charge in [0.2, 0.25) is 0 Å². The molecule has 0 aliphatic carbocycles. The van der Waals surface area contributed by atoms with E-state index in [1.807, 2.05) is 26.8 Å². The number of hydrogen-bond donors (Lipinski definition) is 1. The van der Waals surface area contributed by atoms with E-state index in [1.54, 1.807) is 6.92 Å². The van der Waals surface area contributed by atoms with Crippen molar-refractivity contribution in [2.45, 2.75) is 33.1 Å². The highest BCUT2D eigenvalue weighted by Crippen LogP contribution is 2.39. The van der Waals surface area contributed by atoms with Crippen LogP contribution >= 0.6 is 15.9 Å². The van der Waals surface area contributed by atoms with E-state index in [0.717, 1.165) is 10.0 Å². The lowest BCUT2D eigenvalue weighted by atomic mass is 9.84. The predicted octanol–water partition coefficient (Wildman–Crippen LogP) is 3.76. The Hall–Kier alpha value is -1.03. The van der Waals surface area contributed by atoms with Crippen LogP contribution in [0.5, 0.6) is 5.75 Å². The Bertz CT molecular complexity index is 459. The molecule has 0 bridgehead atoms. The molecule has 1 aromatic rings. The fraction of sp³-hybridized carbons (Fsp3) is 0.462. The van der Waals surface area contributed by atoms with Gasteiger partial charge in [0.25, 0.3) is 0 Å². The summed E-state index contributed by atoms with van der Waals surface area (Å²) >= 11 is 3.40. The minimum absolute atomic E-state index is 0.175. The second-order valence-corrected chi connectivity index (χ2v) is 5.85. The number of carboxylic acids is 1. The summed E-state index contributed by atoms with van der Waals surface area (Å²) in [5.41, 5.74) is 1.62. The van der Waals surface area contributed by atoms with Gasteiger partial charge in [-0.25, -0.2) is 4.79 Å². The lowest BCUT2D eigenvalue weighted by Gasteiger charge is -2.24. The van der Waals surface area contributed by atoms with Crippen molar-refractivity contribution in [3.63, 3.8) is 0 Å². The van der Waals surface area contributed by atoms with Gasteiger partial charge in [-0.05, 0) is 24.0 Å². The quantitative estimate of drug-likeness (QED) is 0.904. The minimum atomic E-state index is -0.967. The van der Waals surface area contributed by atoms with E-state index in [-0.39, 0.29) is 11.0 Å². The second-order valence-electron chi connectivity index (χ2n) is 4.99. The number of aromatic carboxylic acids is 1. The van der Waals surface area contributed by atoms with E-state index in [2.05, 4.69) is 15.9 Å². The predicted molar refractivity (Wildman–Crippen MR) is 71.1 cm³/mol. The average Bonchev–Trinajstić information content (AvgIpc) is 2.18. The van der Waals surface area contributed by atoms with Gasteiger partial charge in [0.15, 0.2) is 0 Å². The van der Waals surface area contributed by atoms with Crippen LogP contribution in [0.3, 0.4) is 0 Å². The zero-order chi connectivity index (χ0) is 13.4. The second kappa shape index (κ2) is 4.69. The first-order chi connectivity index (χ1) is 7.70. The molecule has 94 valence electrons. The number of methoxy groups -OCH3 is 1. The Morgan fingerprint density at radius 3 is 2.29 bits per heavy atom. The molecule has 0 aliphatic rings. The van der Waals surface area contributed by atoms with Gasteiger partial charge in [-0.2, -0.15) is 0 Å². The molecular formula is C13H17BrO3. The third-order valence-corrected chi connectivity index (χ3v) is 3.53. The van der Waals surface area contributed by atoms with Crippen LogP contribution in [0, 0.1) is 6.92 Å².